The molecule has 1 aromatic carbocycles. The first-order chi connectivity index (χ1) is 11.8. The summed E-state index contributed by atoms with van der Waals surface area (Å²) in [4.78, 5) is 14.5. The monoisotopic (exact) mass is 327 g/mol. The maximum Gasteiger partial charge on any atom is 0.248 e. The minimum Gasteiger partial charge on any atom is -0.371 e. The van der Waals surface area contributed by atoms with Crippen LogP contribution in [0.25, 0.3) is 0 Å². The highest BCUT2D eigenvalue weighted by Crippen LogP contribution is 2.18. The lowest BCUT2D eigenvalue weighted by molar-refractivity contribution is -0.140. The van der Waals surface area contributed by atoms with Crippen molar-refractivity contribution in [2.75, 3.05) is 19.8 Å². The second-order valence-electron chi connectivity index (χ2n) is 6.25. The van der Waals surface area contributed by atoms with Crippen LogP contribution >= 0.6 is 0 Å². The van der Waals surface area contributed by atoms with Gasteiger partial charge in [0.15, 0.2) is 0 Å². The van der Waals surface area contributed by atoms with Crippen molar-refractivity contribution in [2.24, 2.45) is 0 Å². The van der Waals surface area contributed by atoms with Gasteiger partial charge in [0.05, 0.1) is 19.2 Å². The van der Waals surface area contributed by atoms with E-state index in [1.54, 1.807) is 6.20 Å². The molecule has 0 aliphatic carbocycles. The van der Waals surface area contributed by atoms with E-state index in [0.717, 1.165) is 32.4 Å². The zero-order valence-electron chi connectivity index (χ0n) is 14.0. The molecule has 24 heavy (non-hydrogen) atoms. The van der Waals surface area contributed by atoms with Crippen LogP contribution in [-0.2, 0) is 22.5 Å². The first-order valence-electron chi connectivity index (χ1n) is 8.71. The van der Waals surface area contributed by atoms with Crippen LogP contribution in [-0.4, -0.2) is 46.4 Å². The number of benzene rings is 1. The largest absolute Gasteiger partial charge is 0.371 e. The molecule has 3 rings (SSSR count). The molecular weight excluding hydrogens is 302 g/mol. The highest BCUT2D eigenvalue weighted by molar-refractivity contribution is 5.77. The van der Waals surface area contributed by atoms with Crippen molar-refractivity contribution in [3.05, 3.63) is 54.4 Å². The lowest BCUT2D eigenvalue weighted by Crippen LogP contribution is -2.47. The van der Waals surface area contributed by atoms with E-state index in [1.807, 2.05) is 40.0 Å². The summed E-state index contributed by atoms with van der Waals surface area (Å²) < 4.78 is 7.53. The number of likely N-dealkylation sites (tertiary alicyclic amines) is 1. The highest BCUT2D eigenvalue weighted by atomic mass is 16.5. The molecule has 1 aliphatic heterocycles. The molecule has 0 N–H and O–H groups in total. The molecule has 1 aliphatic rings. The second-order valence-corrected chi connectivity index (χ2v) is 6.25. The predicted octanol–water partition coefficient (Wildman–Crippen LogP) is 2.52. The summed E-state index contributed by atoms with van der Waals surface area (Å²) in [5.74, 6) is 0.0971. The Labute approximate surface area is 143 Å². The summed E-state index contributed by atoms with van der Waals surface area (Å²) in [7, 11) is 0. The number of amides is 1. The summed E-state index contributed by atoms with van der Waals surface area (Å²) in [6.07, 6.45) is 7.85. The van der Waals surface area contributed by atoms with Crippen molar-refractivity contribution in [3.8, 4) is 0 Å². The first-order valence-corrected chi connectivity index (χ1v) is 8.71. The Morgan fingerprint density at radius 3 is 2.88 bits per heavy atom. The SMILES string of the molecule is O=C(COCCc1ccccc1)N1CCCCC1Cn1cccn1. The van der Waals surface area contributed by atoms with Crippen molar-refractivity contribution in [2.45, 2.75) is 38.3 Å². The van der Waals surface area contributed by atoms with Crippen LogP contribution in [0.3, 0.4) is 0 Å². The van der Waals surface area contributed by atoms with Crippen LogP contribution in [0, 0.1) is 0 Å². The number of aromatic nitrogens is 2. The third kappa shape index (κ3) is 4.68. The number of hydrogen-bond acceptors (Lipinski definition) is 3. The number of ether oxygens (including phenoxy) is 1. The van der Waals surface area contributed by atoms with Crippen LogP contribution in [0.1, 0.15) is 24.8 Å². The van der Waals surface area contributed by atoms with Crippen molar-refractivity contribution in [1.29, 1.82) is 0 Å². The topological polar surface area (TPSA) is 47.4 Å². The van der Waals surface area contributed by atoms with E-state index in [1.165, 1.54) is 12.0 Å². The summed E-state index contributed by atoms with van der Waals surface area (Å²) in [6.45, 7) is 2.34. The number of hydrogen-bond donors (Lipinski definition) is 0. The zero-order chi connectivity index (χ0) is 16.6. The molecule has 1 fully saturated rings. The van der Waals surface area contributed by atoms with Crippen LogP contribution in [0.2, 0.25) is 0 Å². The van der Waals surface area contributed by atoms with Crippen molar-refractivity contribution >= 4 is 5.91 Å². The number of nitrogens with zero attached hydrogens (tertiary/aromatic N) is 3. The molecule has 1 amide bonds. The maximum absolute atomic E-state index is 12.5. The fourth-order valence-corrected chi connectivity index (χ4v) is 3.22. The molecule has 1 saturated heterocycles. The molecule has 1 unspecified atom stereocenters. The molecule has 1 aromatic heterocycles. The quantitative estimate of drug-likeness (QED) is 0.734. The predicted molar refractivity (Wildman–Crippen MR) is 92.5 cm³/mol. The Morgan fingerprint density at radius 2 is 2.08 bits per heavy atom. The molecule has 2 aromatic rings. The first kappa shape index (κ1) is 16.7. The van der Waals surface area contributed by atoms with Crippen molar-refractivity contribution in [1.82, 2.24) is 14.7 Å². The van der Waals surface area contributed by atoms with Gasteiger partial charge in [-0.3, -0.25) is 9.48 Å². The lowest BCUT2D eigenvalue weighted by atomic mass is 10.0. The van der Waals surface area contributed by atoms with E-state index in [4.69, 9.17) is 4.74 Å². The highest BCUT2D eigenvalue weighted by Gasteiger charge is 2.26. The van der Waals surface area contributed by atoms with Gasteiger partial charge in [-0.25, -0.2) is 0 Å². The van der Waals surface area contributed by atoms with Gasteiger partial charge in [0.1, 0.15) is 6.61 Å². The number of piperidine rings is 1. The average molecular weight is 327 g/mol. The zero-order valence-corrected chi connectivity index (χ0v) is 14.0. The fourth-order valence-electron chi connectivity index (χ4n) is 3.22. The number of carbonyl (C=O) groups is 1. The third-order valence-corrected chi connectivity index (χ3v) is 4.51. The second kappa shape index (κ2) is 8.64. The van der Waals surface area contributed by atoms with Crippen LogP contribution < -0.4 is 0 Å². The third-order valence-electron chi connectivity index (χ3n) is 4.51. The van der Waals surface area contributed by atoms with Gasteiger partial charge in [-0.15, -0.1) is 0 Å². The van der Waals surface area contributed by atoms with Crippen LogP contribution in [0.4, 0.5) is 0 Å². The molecule has 0 saturated carbocycles. The Bertz CT molecular complexity index is 613. The van der Waals surface area contributed by atoms with E-state index in [9.17, 15) is 4.79 Å². The minimum absolute atomic E-state index is 0.0971. The molecule has 5 heteroatoms. The van der Waals surface area contributed by atoms with E-state index in [-0.39, 0.29) is 18.6 Å². The van der Waals surface area contributed by atoms with Gasteiger partial charge >= 0.3 is 0 Å². The summed E-state index contributed by atoms with van der Waals surface area (Å²) >= 11 is 0. The fraction of sp³-hybridized carbons (Fsp3) is 0.474. The Balaban J connectivity index is 1.45. The molecule has 128 valence electrons. The van der Waals surface area contributed by atoms with Crippen LogP contribution in [0.15, 0.2) is 48.8 Å². The molecular formula is C19H25N3O2. The van der Waals surface area contributed by atoms with Crippen LogP contribution in [0.5, 0.6) is 0 Å². The molecule has 5 nitrogen and oxygen atoms in total. The normalized spacial score (nSPS) is 17.8. The van der Waals surface area contributed by atoms with Gasteiger partial charge < -0.3 is 9.64 Å². The molecule has 0 radical (unpaired) electrons. The van der Waals surface area contributed by atoms with Gasteiger partial charge in [0, 0.05) is 18.9 Å². The maximum atomic E-state index is 12.5. The Kier molecular flexibility index (Phi) is 6.01. The molecule has 0 spiro atoms. The Hall–Kier alpha value is -2.14. The molecule has 1 atom stereocenters. The Morgan fingerprint density at radius 1 is 1.21 bits per heavy atom. The van der Waals surface area contributed by atoms with E-state index in [0.29, 0.717) is 6.61 Å². The number of carbonyl (C=O) groups excluding carboxylic acids is 1. The lowest BCUT2D eigenvalue weighted by Gasteiger charge is -2.35. The molecule has 0 bridgehead atoms. The van der Waals surface area contributed by atoms with Gasteiger partial charge in [0.2, 0.25) is 5.91 Å². The smallest absolute Gasteiger partial charge is 0.248 e. The van der Waals surface area contributed by atoms with Gasteiger partial charge in [-0.2, -0.15) is 5.10 Å². The van der Waals surface area contributed by atoms with Crippen molar-refractivity contribution < 1.29 is 9.53 Å². The van der Waals surface area contributed by atoms with E-state index < -0.39 is 0 Å². The standard InChI is InChI=1S/C19H25N3O2/c23-19(16-24-14-10-17-7-2-1-3-8-17)22-13-5-4-9-18(22)15-21-12-6-11-20-21/h1-3,6-8,11-12,18H,4-5,9-10,13-16H2. The van der Waals surface area contributed by atoms with Gasteiger partial charge in [0.25, 0.3) is 0 Å². The summed E-state index contributed by atoms with van der Waals surface area (Å²) in [5, 5.41) is 4.26. The van der Waals surface area contributed by atoms with E-state index >= 15 is 0 Å². The minimum atomic E-state index is 0.0971. The summed E-state index contributed by atoms with van der Waals surface area (Å²) in [6, 6.07) is 12.4. The molecule has 2 heterocycles. The van der Waals surface area contributed by atoms with Crippen molar-refractivity contribution in [3.63, 3.8) is 0 Å². The van der Waals surface area contributed by atoms with E-state index in [2.05, 4.69) is 17.2 Å². The average Bonchev–Trinajstić information content (AvgIpc) is 3.13. The number of rotatable bonds is 7. The van der Waals surface area contributed by atoms with Gasteiger partial charge in [-0.05, 0) is 37.3 Å². The summed E-state index contributed by atoms with van der Waals surface area (Å²) in [5.41, 5.74) is 1.24. The van der Waals surface area contributed by atoms with Gasteiger partial charge in [-0.1, -0.05) is 30.3 Å².